The number of benzene rings is 2. The zero-order chi connectivity index (χ0) is 26.4. The highest BCUT2D eigenvalue weighted by atomic mass is 16.5. The summed E-state index contributed by atoms with van der Waals surface area (Å²) in [5.74, 6) is 0.0488. The molecule has 4 rings (SSSR count). The maximum absolute atomic E-state index is 13.3. The van der Waals surface area contributed by atoms with Gasteiger partial charge in [-0.05, 0) is 62.2 Å². The standard InChI is InChI=1S/C28H31N3O6/c1-4-36-21-10-7-19(8-11-21)26(32)24-25(20-9-12-22(37-5-2)23(17-20)35-3)31(28(34)27(24)33)15-6-14-30-16-13-29-18-30/h7-13,16-18,25,32H,4-6,14-15H2,1-3H3. The van der Waals surface area contributed by atoms with Gasteiger partial charge < -0.3 is 28.8 Å². The van der Waals surface area contributed by atoms with Crippen molar-refractivity contribution in [3.8, 4) is 17.2 Å². The second-order valence-corrected chi connectivity index (χ2v) is 8.45. The van der Waals surface area contributed by atoms with Crippen LogP contribution in [-0.2, 0) is 16.1 Å². The van der Waals surface area contributed by atoms with Crippen LogP contribution in [0.15, 0.2) is 66.8 Å². The van der Waals surface area contributed by atoms with Gasteiger partial charge in [0.25, 0.3) is 11.7 Å². The van der Waals surface area contributed by atoms with E-state index in [9.17, 15) is 14.7 Å². The molecule has 1 atom stereocenters. The van der Waals surface area contributed by atoms with E-state index in [1.165, 1.54) is 12.0 Å². The third kappa shape index (κ3) is 5.45. The average molecular weight is 506 g/mol. The van der Waals surface area contributed by atoms with E-state index in [1.807, 2.05) is 24.6 Å². The van der Waals surface area contributed by atoms with Crippen LogP contribution in [0.2, 0.25) is 0 Å². The molecule has 1 saturated heterocycles. The molecule has 1 amide bonds. The fraction of sp³-hybridized carbons (Fsp3) is 0.321. The Morgan fingerprint density at radius 1 is 1.00 bits per heavy atom. The molecule has 2 heterocycles. The Balaban J connectivity index is 1.75. The molecule has 37 heavy (non-hydrogen) atoms. The molecule has 1 aromatic heterocycles. The lowest BCUT2D eigenvalue weighted by Crippen LogP contribution is -2.31. The monoisotopic (exact) mass is 505 g/mol. The number of carbonyl (C=O) groups is 2. The number of likely N-dealkylation sites (tertiary alicyclic amines) is 1. The number of carbonyl (C=O) groups excluding carboxylic acids is 2. The quantitative estimate of drug-likeness (QED) is 0.237. The summed E-state index contributed by atoms with van der Waals surface area (Å²) in [6.45, 7) is 5.66. The third-order valence-corrected chi connectivity index (χ3v) is 6.16. The van der Waals surface area contributed by atoms with E-state index in [1.54, 1.807) is 55.0 Å². The molecule has 9 nitrogen and oxygen atoms in total. The number of aryl methyl sites for hydroxylation is 1. The Labute approximate surface area is 215 Å². The summed E-state index contributed by atoms with van der Waals surface area (Å²) in [7, 11) is 1.53. The molecule has 0 radical (unpaired) electrons. The van der Waals surface area contributed by atoms with Gasteiger partial charge >= 0.3 is 0 Å². The number of rotatable bonds is 11. The number of imidazole rings is 1. The van der Waals surface area contributed by atoms with Crippen molar-refractivity contribution in [3.63, 3.8) is 0 Å². The summed E-state index contributed by atoms with van der Waals surface area (Å²) < 4.78 is 18.6. The lowest BCUT2D eigenvalue weighted by atomic mass is 9.95. The van der Waals surface area contributed by atoms with Crippen LogP contribution in [0.4, 0.5) is 0 Å². The highest BCUT2D eigenvalue weighted by Crippen LogP contribution is 2.42. The Morgan fingerprint density at radius 3 is 2.41 bits per heavy atom. The number of aliphatic hydroxyl groups is 1. The zero-order valence-electron chi connectivity index (χ0n) is 21.2. The maximum atomic E-state index is 13.3. The Bertz CT molecular complexity index is 1270. The first-order chi connectivity index (χ1) is 18.0. The average Bonchev–Trinajstić information content (AvgIpc) is 3.52. The first kappa shape index (κ1) is 25.8. The van der Waals surface area contributed by atoms with Crippen LogP contribution in [0.3, 0.4) is 0 Å². The first-order valence-electron chi connectivity index (χ1n) is 12.3. The van der Waals surface area contributed by atoms with Crippen molar-refractivity contribution >= 4 is 17.4 Å². The van der Waals surface area contributed by atoms with E-state index in [-0.39, 0.29) is 11.3 Å². The third-order valence-electron chi connectivity index (χ3n) is 6.16. The van der Waals surface area contributed by atoms with Crippen molar-refractivity contribution < 1.29 is 28.9 Å². The molecule has 2 aromatic carbocycles. The van der Waals surface area contributed by atoms with Gasteiger partial charge in [0.15, 0.2) is 11.5 Å². The Hall–Kier alpha value is -4.27. The van der Waals surface area contributed by atoms with Gasteiger partial charge in [0.05, 0.1) is 38.3 Å². The van der Waals surface area contributed by atoms with Crippen molar-refractivity contribution in [2.45, 2.75) is 32.9 Å². The maximum Gasteiger partial charge on any atom is 0.295 e. The highest BCUT2D eigenvalue weighted by molar-refractivity contribution is 6.46. The number of ether oxygens (including phenoxy) is 3. The molecule has 1 N–H and O–H groups in total. The van der Waals surface area contributed by atoms with E-state index >= 15 is 0 Å². The fourth-order valence-electron chi connectivity index (χ4n) is 4.46. The summed E-state index contributed by atoms with van der Waals surface area (Å²) >= 11 is 0. The summed E-state index contributed by atoms with van der Waals surface area (Å²) in [5, 5.41) is 11.3. The van der Waals surface area contributed by atoms with Gasteiger partial charge in [-0.15, -0.1) is 0 Å². The van der Waals surface area contributed by atoms with Crippen LogP contribution < -0.4 is 14.2 Å². The van der Waals surface area contributed by atoms with Crippen molar-refractivity contribution in [1.82, 2.24) is 14.5 Å². The number of ketones is 1. The molecule has 3 aromatic rings. The smallest absolute Gasteiger partial charge is 0.295 e. The van der Waals surface area contributed by atoms with Crippen LogP contribution in [0.25, 0.3) is 5.76 Å². The van der Waals surface area contributed by atoms with Gasteiger partial charge in [0.1, 0.15) is 11.5 Å². The van der Waals surface area contributed by atoms with E-state index in [0.717, 1.165) is 0 Å². The van der Waals surface area contributed by atoms with Crippen molar-refractivity contribution in [1.29, 1.82) is 0 Å². The van der Waals surface area contributed by atoms with Crippen LogP contribution in [0.1, 0.15) is 37.4 Å². The predicted molar refractivity (Wildman–Crippen MR) is 138 cm³/mol. The second kappa shape index (κ2) is 11.6. The highest BCUT2D eigenvalue weighted by Gasteiger charge is 2.46. The first-order valence-corrected chi connectivity index (χ1v) is 12.3. The summed E-state index contributed by atoms with van der Waals surface area (Å²) in [6.07, 6.45) is 5.83. The van der Waals surface area contributed by atoms with Crippen LogP contribution in [0.5, 0.6) is 17.2 Å². The Morgan fingerprint density at radius 2 is 1.76 bits per heavy atom. The normalized spacial score (nSPS) is 16.7. The molecular weight excluding hydrogens is 474 g/mol. The van der Waals surface area contributed by atoms with Gasteiger partial charge in [-0.2, -0.15) is 0 Å². The summed E-state index contributed by atoms with van der Waals surface area (Å²) in [5.41, 5.74) is 1.08. The molecule has 0 saturated carbocycles. The lowest BCUT2D eigenvalue weighted by molar-refractivity contribution is -0.139. The van der Waals surface area contributed by atoms with Gasteiger partial charge in [0, 0.05) is 31.0 Å². The minimum absolute atomic E-state index is 0.0306. The van der Waals surface area contributed by atoms with E-state index in [2.05, 4.69) is 4.98 Å². The molecule has 9 heteroatoms. The predicted octanol–water partition coefficient (Wildman–Crippen LogP) is 4.20. The molecular formula is C28H31N3O6. The number of amides is 1. The molecule has 0 aliphatic carbocycles. The number of nitrogens with zero attached hydrogens (tertiary/aromatic N) is 3. The number of hydrogen-bond donors (Lipinski definition) is 1. The van der Waals surface area contributed by atoms with Crippen LogP contribution in [-0.4, -0.2) is 58.1 Å². The Kier molecular flexibility index (Phi) is 8.12. The zero-order valence-corrected chi connectivity index (χ0v) is 21.2. The number of aliphatic hydroxyl groups excluding tert-OH is 1. The number of Topliss-reactive ketones (excluding diaryl/α,β-unsaturated/α-hetero) is 1. The van der Waals surface area contributed by atoms with Crippen LogP contribution >= 0.6 is 0 Å². The van der Waals surface area contributed by atoms with Crippen molar-refractivity contribution in [3.05, 3.63) is 77.9 Å². The van der Waals surface area contributed by atoms with E-state index in [0.29, 0.717) is 61.1 Å². The molecule has 0 bridgehead atoms. The topological polar surface area (TPSA) is 103 Å². The van der Waals surface area contributed by atoms with E-state index in [4.69, 9.17) is 14.2 Å². The van der Waals surface area contributed by atoms with Crippen LogP contribution in [0, 0.1) is 0 Å². The number of hydrogen-bond acceptors (Lipinski definition) is 7. The van der Waals surface area contributed by atoms with Gasteiger partial charge in [0.2, 0.25) is 0 Å². The summed E-state index contributed by atoms with van der Waals surface area (Å²) in [4.78, 5) is 32.1. The van der Waals surface area contributed by atoms with Gasteiger partial charge in [-0.3, -0.25) is 9.59 Å². The summed E-state index contributed by atoms with van der Waals surface area (Å²) in [6, 6.07) is 11.3. The van der Waals surface area contributed by atoms with Crippen molar-refractivity contribution in [2.75, 3.05) is 26.9 Å². The lowest BCUT2D eigenvalue weighted by Gasteiger charge is -2.26. The van der Waals surface area contributed by atoms with Gasteiger partial charge in [-0.25, -0.2) is 4.98 Å². The molecule has 1 aliphatic rings. The number of methoxy groups -OCH3 is 1. The molecule has 0 spiro atoms. The minimum Gasteiger partial charge on any atom is -0.507 e. The fourth-order valence-corrected chi connectivity index (χ4v) is 4.46. The molecule has 1 fully saturated rings. The van der Waals surface area contributed by atoms with E-state index < -0.39 is 17.7 Å². The van der Waals surface area contributed by atoms with Gasteiger partial charge in [-0.1, -0.05) is 6.07 Å². The van der Waals surface area contributed by atoms with Crippen molar-refractivity contribution in [2.24, 2.45) is 0 Å². The molecule has 1 unspecified atom stereocenters. The SMILES string of the molecule is CCOc1ccc(C(O)=C2C(=O)C(=O)N(CCCn3ccnc3)C2c2ccc(OCC)c(OC)c2)cc1. The second-order valence-electron chi connectivity index (χ2n) is 8.45. The number of aromatic nitrogens is 2. The minimum atomic E-state index is -0.793. The largest absolute Gasteiger partial charge is 0.507 e. The molecule has 1 aliphatic heterocycles. The molecule has 194 valence electrons.